The first kappa shape index (κ1) is 23.1. The lowest BCUT2D eigenvalue weighted by Crippen LogP contribution is -2.46. The Morgan fingerprint density at radius 2 is 1.94 bits per heavy atom. The summed E-state index contributed by atoms with van der Waals surface area (Å²) in [5, 5.41) is 22.2. The van der Waals surface area contributed by atoms with Gasteiger partial charge in [-0.05, 0) is 38.8 Å². The highest BCUT2D eigenvalue weighted by molar-refractivity contribution is 5.85. The number of aromatic nitrogens is 4. The average Bonchev–Trinajstić information content (AvgIpc) is 3.60. The molecule has 4 atom stereocenters. The SMILES string of the molecule is CC1Nc2nc(N3CCOC(C(O)c4cnn(C5CC5)c4)C3)nc(-c3ccc(F)cc3F)c2NC1C. The Hall–Kier alpha value is -3.31. The van der Waals surface area contributed by atoms with Crippen molar-refractivity contribution in [2.75, 3.05) is 35.2 Å². The first-order valence-electron chi connectivity index (χ1n) is 12.4. The lowest BCUT2D eigenvalue weighted by Gasteiger charge is -2.37. The van der Waals surface area contributed by atoms with Crippen molar-refractivity contribution in [3.63, 3.8) is 0 Å². The van der Waals surface area contributed by atoms with Crippen LogP contribution >= 0.6 is 0 Å². The maximum Gasteiger partial charge on any atom is 0.228 e. The molecule has 3 aliphatic rings. The number of rotatable bonds is 5. The van der Waals surface area contributed by atoms with E-state index in [0.717, 1.165) is 18.9 Å². The van der Waals surface area contributed by atoms with Gasteiger partial charge in [0.25, 0.3) is 0 Å². The van der Waals surface area contributed by atoms with Gasteiger partial charge in [-0.1, -0.05) is 0 Å². The first-order chi connectivity index (χ1) is 17.4. The molecule has 3 aromatic rings. The van der Waals surface area contributed by atoms with Crippen LogP contribution in [0.4, 0.5) is 26.2 Å². The molecule has 0 radical (unpaired) electrons. The molecule has 3 N–H and O–H groups in total. The summed E-state index contributed by atoms with van der Waals surface area (Å²) in [7, 11) is 0. The quantitative estimate of drug-likeness (QED) is 0.493. The van der Waals surface area contributed by atoms with E-state index in [9.17, 15) is 13.9 Å². The zero-order valence-corrected chi connectivity index (χ0v) is 20.2. The Bertz CT molecular complexity index is 1280. The van der Waals surface area contributed by atoms with Crippen LogP contribution in [-0.2, 0) is 4.74 Å². The highest BCUT2D eigenvalue weighted by Crippen LogP contribution is 2.39. The molecule has 2 aliphatic heterocycles. The number of benzene rings is 1. The molecule has 1 aromatic carbocycles. The third-order valence-electron chi connectivity index (χ3n) is 7.18. The molecular formula is C25H29F2N7O2. The molecule has 9 nitrogen and oxygen atoms in total. The van der Waals surface area contributed by atoms with Crippen molar-refractivity contribution in [2.45, 2.75) is 57.0 Å². The number of aliphatic hydroxyl groups excluding tert-OH is 1. The highest BCUT2D eigenvalue weighted by Gasteiger charge is 2.33. The predicted molar refractivity (Wildman–Crippen MR) is 131 cm³/mol. The van der Waals surface area contributed by atoms with Crippen LogP contribution in [0.1, 0.15) is 44.4 Å². The summed E-state index contributed by atoms with van der Waals surface area (Å²) in [6.45, 7) is 5.27. The van der Waals surface area contributed by atoms with Gasteiger partial charge in [0.15, 0.2) is 5.82 Å². The van der Waals surface area contributed by atoms with E-state index in [1.807, 2.05) is 29.6 Å². The van der Waals surface area contributed by atoms with Crippen LogP contribution in [0, 0.1) is 11.6 Å². The van der Waals surface area contributed by atoms with Gasteiger partial charge in [0, 0.05) is 42.0 Å². The van der Waals surface area contributed by atoms with Crippen LogP contribution in [0.25, 0.3) is 11.3 Å². The molecule has 1 saturated heterocycles. The number of halogens is 2. The van der Waals surface area contributed by atoms with E-state index >= 15 is 0 Å². The number of morpholine rings is 1. The fourth-order valence-corrected chi connectivity index (χ4v) is 4.71. The van der Waals surface area contributed by atoms with E-state index < -0.39 is 23.8 Å². The Labute approximate surface area is 207 Å². The molecule has 1 saturated carbocycles. The van der Waals surface area contributed by atoms with Crippen molar-refractivity contribution in [1.82, 2.24) is 19.7 Å². The zero-order valence-electron chi connectivity index (χ0n) is 20.2. The topological polar surface area (TPSA) is 100 Å². The number of hydrogen-bond donors (Lipinski definition) is 3. The van der Waals surface area contributed by atoms with E-state index in [1.54, 1.807) is 6.20 Å². The van der Waals surface area contributed by atoms with Gasteiger partial charge in [0.05, 0.1) is 25.4 Å². The van der Waals surface area contributed by atoms with E-state index in [0.29, 0.717) is 54.4 Å². The molecular weight excluding hydrogens is 468 g/mol. The Balaban J connectivity index is 1.32. The molecule has 1 aliphatic carbocycles. The summed E-state index contributed by atoms with van der Waals surface area (Å²) < 4.78 is 36.3. The average molecular weight is 498 g/mol. The minimum absolute atomic E-state index is 0.0497. The second-order valence-corrected chi connectivity index (χ2v) is 9.87. The van der Waals surface area contributed by atoms with Gasteiger partial charge < -0.3 is 25.4 Å². The number of anilines is 3. The van der Waals surface area contributed by atoms with E-state index in [2.05, 4.69) is 15.7 Å². The largest absolute Gasteiger partial charge is 0.385 e. The fraction of sp³-hybridized carbons (Fsp3) is 0.480. The fourth-order valence-electron chi connectivity index (χ4n) is 4.71. The van der Waals surface area contributed by atoms with Crippen LogP contribution in [-0.4, -0.2) is 62.7 Å². The van der Waals surface area contributed by atoms with Crippen LogP contribution in [0.2, 0.25) is 0 Å². The third-order valence-corrected chi connectivity index (χ3v) is 7.18. The van der Waals surface area contributed by atoms with Crippen molar-refractivity contribution in [3.05, 3.63) is 47.8 Å². The summed E-state index contributed by atoms with van der Waals surface area (Å²) in [4.78, 5) is 11.4. The zero-order chi connectivity index (χ0) is 25.0. The second-order valence-electron chi connectivity index (χ2n) is 9.87. The minimum Gasteiger partial charge on any atom is -0.385 e. The van der Waals surface area contributed by atoms with Gasteiger partial charge in [0.1, 0.15) is 35.2 Å². The summed E-state index contributed by atoms with van der Waals surface area (Å²) in [5.41, 5.74) is 1.83. The Morgan fingerprint density at radius 3 is 2.72 bits per heavy atom. The Morgan fingerprint density at radius 1 is 1.14 bits per heavy atom. The lowest BCUT2D eigenvalue weighted by atomic mass is 10.0. The second kappa shape index (κ2) is 8.97. The summed E-state index contributed by atoms with van der Waals surface area (Å²) in [6.07, 6.45) is 4.43. The normalized spacial score (nSPS) is 24.6. The summed E-state index contributed by atoms with van der Waals surface area (Å²) in [6, 6.07) is 4.02. The van der Waals surface area contributed by atoms with Crippen LogP contribution in [0.15, 0.2) is 30.6 Å². The third kappa shape index (κ3) is 4.26. The molecule has 4 unspecified atom stereocenters. The molecule has 36 heavy (non-hydrogen) atoms. The number of nitrogens with zero attached hydrogens (tertiary/aromatic N) is 5. The number of nitrogens with one attached hydrogen (secondary N) is 2. The molecule has 6 rings (SSSR count). The minimum atomic E-state index is -0.854. The smallest absolute Gasteiger partial charge is 0.228 e. The molecule has 2 aromatic heterocycles. The standard InChI is InChI=1S/C25H29F2N7O2/c1-13-14(2)30-24-22(29-13)21(18-6-3-16(26)9-19(18)27)31-25(32-24)33-7-8-36-20(12-33)23(35)15-10-28-34(11-15)17-4-5-17/h3,6,9-11,13-14,17,20,23,29,35H,4-5,7-8,12H2,1-2H3,(H,30,31,32). The number of hydrogen-bond acceptors (Lipinski definition) is 8. The van der Waals surface area contributed by atoms with Gasteiger partial charge >= 0.3 is 0 Å². The number of fused-ring (bicyclic) bond motifs is 1. The highest BCUT2D eigenvalue weighted by atomic mass is 19.1. The van der Waals surface area contributed by atoms with E-state index in [-0.39, 0.29) is 17.6 Å². The van der Waals surface area contributed by atoms with Crippen molar-refractivity contribution in [3.8, 4) is 11.3 Å². The van der Waals surface area contributed by atoms with Gasteiger partial charge in [-0.3, -0.25) is 4.68 Å². The van der Waals surface area contributed by atoms with Gasteiger partial charge in [0.2, 0.25) is 5.95 Å². The van der Waals surface area contributed by atoms with Crippen LogP contribution in [0.5, 0.6) is 0 Å². The van der Waals surface area contributed by atoms with Crippen molar-refractivity contribution >= 4 is 17.5 Å². The molecule has 0 amide bonds. The van der Waals surface area contributed by atoms with Gasteiger partial charge in [-0.2, -0.15) is 10.1 Å². The van der Waals surface area contributed by atoms with Gasteiger partial charge in [-0.15, -0.1) is 0 Å². The van der Waals surface area contributed by atoms with E-state index in [4.69, 9.17) is 14.7 Å². The first-order valence-corrected chi connectivity index (χ1v) is 12.4. The maximum atomic E-state index is 14.8. The molecule has 4 heterocycles. The maximum absolute atomic E-state index is 14.8. The van der Waals surface area contributed by atoms with Crippen LogP contribution < -0.4 is 15.5 Å². The lowest BCUT2D eigenvalue weighted by molar-refractivity contribution is -0.0461. The molecule has 11 heteroatoms. The van der Waals surface area contributed by atoms with Crippen molar-refractivity contribution < 1.29 is 18.6 Å². The monoisotopic (exact) mass is 497 g/mol. The molecule has 190 valence electrons. The summed E-state index contributed by atoms with van der Waals surface area (Å²) in [5.74, 6) is -0.406. The van der Waals surface area contributed by atoms with Crippen molar-refractivity contribution in [1.29, 1.82) is 0 Å². The molecule has 0 bridgehead atoms. The number of aliphatic hydroxyl groups is 1. The summed E-state index contributed by atoms with van der Waals surface area (Å²) >= 11 is 0. The molecule has 0 spiro atoms. The van der Waals surface area contributed by atoms with Crippen LogP contribution in [0.3, 0.4) is 0 Å². The Kier molecular flexibility index (Phi) is 5.76. The molecule has 2 fully saturated rings. The van der Waals surface area contributed by atoms with Crippen molar-refractivity contribution in [2.24, 2.45) is 0 Å². The number of ether oxygens (including phenoxy) is 1. The van der Waals surface area contributed by atoms with E-state index in [1.165, 1.54) is 12.1 Å². The predicted octanol–water partition coefficient (Wildman–Crippen LogP) is 3.51. The van der Waals surface area contributed by atoms with Gasteiger partial charge in [-0.25, -0.2) is 13.8 Å².